The highest BCUT2D eigenvalue weighted by Crippen LogP contribution is 2.24. The molecule has 84 valence electrons. The molecule has 1 aliphatic heterocycles. The zero-order chi connectivity index (χ0) is 10.2. The van der Waals surface area contributed by atoms with Crippen LogP contribution in [0.15, 0.2) is 23.1 Å². The molecule has 0 aromatic heterocycles. The number of rotatable bonds is 1. The minimum absolute atomic E-state index is 0. The smallest absolute Gasteiger partial charge is 0.238 e. The van der Waals surface area contributed by atoms with Crippen LogP contribution in [-0.2, 0) is 16.4 Å². The number of primary sulfonamides is 1. The quantitative estimate of drug-likeness (QED) is 0.782. The van der Waals surface area contributed by atoms with Crippen LogP contribution >= 0.6 is 12.4 Å². The zero-order valence-corrected chi connectivity index (χ0v) is 9.70. The Morgan fingerprint density at radius 1 is 1.33 bits per heavy atom. The van der Waals surface area contributed by atoms with Gasteiger partial charge in [-0.05, 0) is 30.5 Å². The van der Waals surface area contributed by atoms with Gasteiger partial charge in [-0.1, -0.05) is 6.07 Å². The summed E-state index contributed by atoms with van der Waals surface area (Å²) in [6.07, 6.45) is 2.08. The van der Waals surface area contributed by atoms with Gasteiger partial charge < -0.3 is 5.32 Å². The number of nitrogens with two attached hydrogens (primary N) is 1. The van der Waals surface area contributed by atoms with Gasteiger partial charge in [-0.3, -0.25) is 0 Å². The van der Waals surface area contributed by atoms with Crippen LogP contribution in [0.2, 0.25) is 0 Å². The van der Waals surface area contributed by atoms with E-state index in [-0.39, 0.29) is 17.3 Å². The zero-order valence-electron chi connectivity index (χ0n) is 8.06. The molecule has 1 heterocycles. The summed E-state index contributed by atoms with van der Waals surface area (Å²) in [4.78, 5) is 0.172. The maximum atomic E-state index is 11.1. The fourth-order valence-electron chi connectivity index (χ4n) is 1.62. The molecule has 0 saturated heterocycles. The number of sulfonamides is 1. The van der Waals surface area contributed by atoms with Crippen molar-refractivity contribution in [2.45, 2.75) is 17.7 Å². The van der Waals surface area contributed by atoms with Gasteiger partial charge in [0.2, 0.25) is 10.0 Å². The highest BCUT2D eigenvalue weighted by molar-refractivity contribution is 7.89. The highest BCUT2D eigenvalue weighted by Gasteiger charge is 2.13. The summed E-state index contributed by atoms with van der Waals surface area (Å²) < 4.78 is 22.1. The van der Waals surface area contributed by atoms with Crippen LogP contribution in [0.4, 0.5) is 5.69 Å². The number of nitrogens with one attached hydrogen (secondary N) is 1. The topological polar surface area (TPSA) is 72.2 Å². The van der Waals surface area contributed by atoms with E-state index in [0.717, 1.165) is 30.6 Å². The van der Waals surface area contributed by atoms with E-state index in [2.05, 4.69) is 5.32 Å². The minimum atomic E-state index is -3.58. The SMILES string of the molecule is Cl.NS(=O)(=O)c1ccc2c(c1)NCCC2. The van der Waals surface area contributed by atoms with Gasteiger partial charge >= 0.3 is 0 Å². The molecule has 1 aromatic rings. The lowest BCUT2D eigenvalue weighted by atomic mass is 10.0. The molecule has 2 rings (SSSR count). The van der Waals surface area contributed by atoms with Crippen LogP contribution in [0, 0.1) is 0 Å². The molecule has 15 heavy (non-hydrogen) atoms. The van der Waals surface area contributed by atoms with Crippen LogP contribution < -0.4 is 10.5 Å². The Balaban J connectivity index is 0.00000112. The third-order valence-corrected chi connectivity index (χ3v) is 3.26. The second-order valence-corrected chi connectivity index (χ2v) is 4.96. The molecule has 0 unspecified atom stereocenters. The molecule has 0 atom stereocenters. The first-order chi connectivity index (χ1) is 6.57. The highest BCUT2D eigenvalue weighted by atomic mass is 35.5. The summed E-state index contributed by atoms with van der Waals surface area (Å²) in [7, 11) is -3.58. The summed E-state index contributed by atoms with van der Waals surface area (Å²) in [5.74, 6) is 0. The molecule has 1 aromatic carbocycles. The lowest BCUT2D eigenvalue weighted by molar-refractivity contribution is 0.597. The van der Waals surface area contributed by atoms with Gasteiger partial charge in [-0.2, -0.15) is 0 Å². The lowest BCUT2D eigenvalue weighted by Gasteiger charge is -2.18. The van der Waals surface area contributed by atoms with Crippen molar-refractivity contribution < 1.29 is 8.42 Å². The van der Waals surface area contributed by atoms with E-state index < -0.39 is 10.0 Å². The fourth-order valence-corrected chi connectivity index (χ4v) is 2.16. The van der Waals surface area contributed by atoms with Crippen LogP contribution in [-0.4, -0.2) is 15.0 Å². The van der Waals surface area contributed by atoms with Gasteiger partial charge in [0.05, 0.1) is 4.90 Å². The monoisotopic (exact) mass is 248 g/mol. The van der Waals surface area contributed by atoms with Crippen molar-refractivity contribution in [3.05, 3.63) is 23.8 Å². The van der Waals surface area contributed by atoms with Crippen molar-refractivity contribution in [3.63, 3.8) is 0 Å². The van der Waals surface area contributed by atoms with E-state index >= 15 is 0 Å². The van der Waals surface area contributed by atoms with Crippen LogP contribution in [0.3, 0.4) is 0 Å². The van der Waals surface area contributed by atoms with Crippen LogP contribution in [0.25, 0.3) is 0 Å². The lowest BCUT2D eigenvalue weighted by Crippen LogP contribution is -2.15. The van der Waals surface area contributed by atoms with E-state index in [4.69, 9.17) is 5.14 Å². The molecule has 1 aliphatic rings. The first-order valence-electron chi connectivity index (χ1n) is 4.47. The summed E-state index contributed by atoms with van der Waals surface area (Å²) in [5, 5.41) is 8.19. The molecular weight excluding hydrogens is 236 g/mol. The number of hydrogen-bond acceptors (Lipinski definition) is 3. The average molecular weight is 249 g/mol. The summed E-state index contributed by atoms with van der Waals surface area (Å²) in [5.41, 5.74) is 2.05. The van der Waals surface area contributed by atoms with E-state index in [9.17, 15) is 8.42 Å². The van der Waals surface area contributed by atoms with Gasteiger partial charge in [0, 0.05) is 12.2 Å². The normalized spacial score (nSPS) is 14.7. The molecule has 4 nitrogen and oxygen atoms in total. The summed E-state index contributed by atoms with van der Waals surface area (Å²) in [6, 6.07) is 4.98. The molecular formula is C9H13ClN2O2S. The van der Waals surface area contributed by atoms with Crippen molar-refractivity contribution in [1.29, 1.82) is 0 Å². The first kappa shape index (κ1) is 12.3. The van der Waals surface area contributed by atoms with Crippen molar-refractivity contribution in [1.82, 2.24) is 0 Å². The fraction of sp³-hybridized carbons (Fsp3) is 0.333. The maximum Gasteiger partial charge on any atom is 0.238 e. The molecule has 0 fully saturated rings. The predicted molar refractivity (Wildman–Crippen MR) is 61.9 cm³/mol. The average Bonchev–Trinajstić information content (AvgIpc) is 2.16. The Labute approximate surface area is 95.3 Å². The Morgan fingerprint density at radius 3 is 2.73 bits per heavy atom. The Hall–Kier alpha value is -0.780. The third kappa shape index (κ3) is 2.62. The molecule has 0 radical (unpaired) electrons. The molecule has 0 amide bonds. The molecule has 3 N–H and O–H groups in total. The number of anilines is 1. The van der Waals surface area contributed by atoms with Gasteiger partial charge in [-0.15, -0.1) is 12.4 Å². The summed E-state index contributed by atoms with van der Waals surface area (Å²) >= 11 is 0. The molecule has 0 saturated carbocycles. The largest absolute Gasteiger partial charge is 0.385 e. The predicted octanol–water partition coefficient (Wildman–Crippen LogP) is 1.11. The van der Waals surface area contributed by atoms with Crippen molar-refractivity contribution in [2.75, 3.05) is 11.9 Å². The Kier molecular flexibility index (Phi) is 3.59. The summed E-state index contributed by atoms with van der Waals surface area (Å²) in [6.45, 7) is 0.890. The number of aryl methyl sites for hydroxylation is 1. The molecule has 0 aliphatic carbocycles. The van der Waals surface area contributed by atoms with Gasteiger partial charge in [0.25, 0.3) is 0 Å². The van der Waals surface area contributed by atoms with E-state index in [1.54, 1.807) is 12.1 Å². The van der Waals surface area contributed by atoms with E-state index in [1.807, 2.05) is 6.07 Å². The maximum absolute atomic E-state index is 11.1. The number of fused-ring (bicyclic) bond motifs is 1. The standard InChI is InChI=1S/C9H12N2O2S.ClH/c10-14(12,13)8-4-3-7-2-1-5-11-9(7)6-8;/h3-4,6,11H,1-2,5H2,(H2,10,12,13);1H. The van der Waals surface area contributed by atoms with Gasteiger partial charge in [0.1, 0.15) is 0 Å². The first-order valence-corrected chi connectivity index (χ1v) is 6.01. The third-order valence-electron chi connectivity index (χ3n) is 2.35. The number of hydrogen-bond donors (Lipinski definition) is 2. The van der Waals surface area contributed by atoms with Crippen molar-refractivity contribution in [2.24, 2.45) is 5.14 Å². The van der Waals surface area contributed by atoms with Crippen molar-refractivity contribution in [3.8, 4) is 0 Å². The molecule has 6 heteroatoms. The second kappa shape index (κ2) is 4.38. The van der Waals surface area contributed by atoms with E-state index in [0.29, 0.717) is 0 Å². The number of benzene rings is 1. The van der Waals surface area contributed by atoms with Crippen LogP contribution in [0.1, 0.15) is 12.0 Å². The minimum Gasteiger partial charge on any atom is -0.385 e. The Bertz CT molecular complexity index is 459. The second-order valence-electron chi connectivity index (χ2n) is 3.39. The van der Waals surface area contributed by atoms with Gasteiger partial charge in [-0.25, -0.2) is 13.6 Å². The van der Waals surface area contributed by atoms with Crippen molar-refractivity contribution >= 4 is 28.1 Å². The van der Waals surface area contributed by atoms with Gasteiger partial charge in [0.15, 0.2) is 0 Å². The van der Waals surface area contributed by atoms with Crippen LogP contribution in [0.5, 0.6) is 0 Å². The molecule has 0 spiro atoms. The Morgan fingerprint density at radius 2 is 2.07 bits per heavy atom. The number of halogens is 1. The van der Waals surface area contributed by atoms with E-state index in [1.165, 1.54) is 0 Å². The molecule has 0 bridgehead atoms.